The summed E-state index contributed by atoms with van der Waals surface area (Å²) in [5, 5.41) is 11.5. The molecular weight excluding hydrogens is 286 g/mol. The summed E-state index contributed by atoms with van der Waals surface area (Å²) >= 11 is 1.93. The highest BCUT2D eigenvalue weighted by atomic mass is 32.2. The van der Waals surface area contributed by atoms with Gasteiger partial charge in [0.05, 0.1) is 0 Å². The highest BCUT2D eigenvalue weighted by Crippen LogP contribution is 2.15. The number of nitrogens with one attached hydrogen (secondary N) is 1. The average Bonchev–Trinajstić information content (AvgIpc) is 2.57. The fraction of sp³-hybridized carbons (Fsp3) is 0.643. The normalized spacial score (nSPS) is 23.1. The van der Waals surface area contributed by atoms with Crippen LogP contribution in [0, 0.1) is 0 Å². The molecule has 7 heteroatoms. The Hall–Kier alpha value is -1.34. The highest BCUT2D eigenvalue weighted by molar-refractivity contribution is 7.99. The molecule has 0 saturated carbocycles. The second-order valence-corrected chi connectivity index (χ2v) is 6.53. The van der Waals surface area contributed by atoms with E-state index in [1.807, 2.05) is 28.8 Å². The van der Waals surface area contributed by atoms with Gasteiger partial charge in [0.2, 0.25) is 5.91 Å². The zero-order valence-corrected chi connectivity index (χ0v) is 12.9. The zero-order chi connectivity index (χ0) is 14.5. The third-order valence-corrected chi connectivity index (χ3v) is 5.06. The molecule has 114 valence electrons. The van der Waals surface area contributed by atoms with Gasteiger partial charge in [-0.3, -0.25) is 4.79 Å². The Morgan fingerprint density at radius 1 is 1.38 bits per heavy atom. The van der Waals surface area contributed by atoms with Crippen molar-refractivity contribution >= 4 is 23.5 Å². The Kier molecular flexibility index (Phi) is 4.92. The van der Waals surface area contributed by atoms with E-state index in [4.69, 9.17) is 0 Å². The molecule has 0 aliphatic carbocycles. The van der Waals surface area contributed by atoms with Crippen molar-refractivity contribution in [2.45, 2.75) is 12.5 Å². The van der Waals surface area contributed by atoms with Gasteiger partial charge in [-0.25, -0.2) is 0 Å². The molecule has 0 bridgehead atoms. The van der Waals surface area contributed by atoms with Gasteiger partial charge >= 0.3 is 0 Å². The molecule has 21 heavy (non-hydrogen) atoms. The van der Waals surface area contributed by atoms with Crippen molar-refractivity contribution < 1.29 is 4.79 Å². The molecule has 6 nitrogen and oxygen atoms in total. The summed E-state index contributed by atoms with van der Waals surface area (Å²) in [6.07, 6.45) is 2.30. The Morgan fingerprint density at radius 3 is 2.90 bits per heavy atom. The van der Waals surface area contributed by atoms with Gasteiger partial charge in [-0.1, -0.05) is 0 Å². The van der Waals surface area contributed by atoms with Crippen LogP contribution in [0.25, 0.3) is 0 Å². The maximum absolute atomic E-state index is 12.3. The number of aromatic nitrogens is 2. The van der Waals surface area contributed by atoms with Crippen molar-refractivity contribution in [3.8, 4) is 0 Å². The van der Waals surface area contributed by atoms with Crippen LogP contribution in [-0.2, 0) is 4.79 Å². The molecule has 1 aromatic rings. The van der Waals surface area contributed by atoms with Crippen LogP contribution in [0.1, 0.15) is 6.42 Å². The average molecular weight is 307 g/mol. The van der Waals surface area contributed by atoms with E-state index in [9.17, 15) is 4.79 Å². The molecule has 3 rings (SSSR count). The maximum atomic E-state index is 12.3. The minimum Gasteiger partial charge on any atom is -0.352 e. The number of piperazine rings is 1. The minimum atomic E-state index is 0.272. The molecule has 1 N–H and O–H groups in total. The summed E-state index contributed by atoms with van der Waals surface area (Å²) < 4.78 is 0. The largest absolute Gasteiger partial charge is 0.352 e. The van der Waals surface area contributed by atoms with Crippen molar-refractivity contribution in [1.82, 2.24) is 20.4 Å². The number of hydrogen-bond donors (Lipinski definition) is 1. The Morgan fingerprint density at radius 2 is 2.24 bits per heavy atom. The van der Waals surface area contributed by atoms with Crippen molar-refractivity contribution in [1.29, 1.82) is 0 Å². The Balaban J connectivity index is 1.47. The van der Waals surface area contributed by atoms with Crippen molar-refractivity contribution in [3.63, 3.8) is 0 Å². The molecule has 0 radical (unpaired) electrons. The van der Waals surface area contributed by atoms with Crippen LogP contribution in [0.5, 0.6) is 0 Å². The second-order valence-electron chi connectivity index (χ2n) is 5.38. The number of hydrogen-bond acceptors (Lipinski definition) is 6. The van der Waals surface area contributed by atoms with Crippen LogP contribution >= 0.6 is 11.8 Å². The lowest BCUT2D eigenvalue weighted by molar-refractivity contribution is -0.131. The number of thioether (sulfide) groups is 1. The summed E-state index contributed by atoms with van der Waals surface area (Å²) in [6, 6.07) is 4.20. The van der Waals surface area contributed by atoms with E-state index in [0.717, 1.165) is 50.0 Å². The number of carbonyl (C=O) groups excluding carboxylic acids is 1. The van der Waals surface area contributed by atoms with E-state index in [2.05, 4.69) is 20.4 Å². The van der Waals surface area contributed by atoms with E-state index in [0.29, 0.717) is 12.5 Å². The minimum absolute atomic E-state index is 0.272. The van der Waals surface area contributed by atoms with Gasteiger partial charge in [-0.2, -0.15) is 16.9 Å². The fourth-order valence-electron chi connectivity index (χ4n) is 2.74. The lowest BCUT2D eigenvalue weighted by atomic mass is 10.2. The predicted octanol–water partition coefficient (Wildman–Crippen LogP) is 0.220. The van der Waals surface area contributed by atoms with Gasteiger partial charge in [0.25, 0.3) is 0 Å². The molecule has 0 spiro atoms. The quantitative estimate of drug-likeness (QED) is 0.862. The third-order valence-electron chi connectivity index (χ3n) is 3.93. The topological polar surface area (TPSA) is 61.4 Å². The number of amides is 1. The summed E-state index contributed by atoms with van der Waals surface area (Å²) in [5.74, 6) is 3.37. The van der Waals surface area contributed by atoms with Crippen LogP contribution in [0.3, 0.4) is 0 Å². The SMILES string of the molecule is O=C(CC1CSCCN1)N1CCN(c2cccnn2)CC1. The molecule has 1 amide bonds. The van der Waals surface area contributed by atoms with Crippen molar-refractivity contribution in [2.75, 3.05) is 49.1 Å². The van der Waals surface area contributed by atoms with Crippen LogP contribution in [0.2, 0.25) is 0 Å². The van der Waals surface area contributed by atoms with Crippen LogP contribution in [-0.4, -0.2) is 71.3 Å². The van der Waals surface area contributed by atoms with Gasteiger partial charge in [0.15, 0.2) is 5.82 Å². The summed E-state index contributed by atoms with van der Waals surface area (Å²) in [7, 11) is 0. The Bertz CT molecular complexity index is 458. The predicted molar refractivity (Wildman–Crippen MR) is 84.6 cm³/mol. The summed E-state index contributed by atoms with van der Waals surface area (Å²) in [5.41, 5.74) is 0. The molecular formula is C14H21N5OS. The molecule has 2 saturated heterocycles. The van der Waals surface area contributed by atoms with Crippen molar-refractivity contribution in [2.24, 2.45) is 0 Å². The molecule has 1 aromatic heterocycles. The highest BCUT2D eigenvalue weighted by Gasteiger charge is 2.24. The van der Waals surface area contributed by atoms with Gasteiger partial charge in [0.1, 0.15) is 0 Å². The van der Waals surface area contributed by atoms with Gasteiger partial charge in [-0.05, 0) is 12.1 Å². The second kappa shape index (κ2) is 7.09. The standard InChI is InChI=1S/C14H21N5OS/c20-14(10-12-11-21-9-4-15-12)19-7-5-18(6-8-19)13-2-1-3-16-17-13/h1-3,12,15H,4-11H2. The van der Waals surface area contributed by atoms with E-state index < -0.39 is 0 Å². The van der Waals surface area contributed by atoms with Crippen molar-refractivity contribution in [3.05, 3.63) is 18.3 Å². The van der Waals surface area contributed by atoms with Gasteiger partial charge < -0.3 is 15.1 Å². The summed E-state index contributed by atoms with van der Waals surface area (Å²) in [6.45, 7) is 4.22. The monoisotopic (exact) mass is 307 g/mol. The van der Waals surface area contributed by atoms with Crippen LogP contribution < -0.4 is 10.2 Å². The first-order valence-corrected chi connectivity index (χ1v) is 8.60. The number of carbonyl (C=O) groups is 1. The first-order chi connectivity index (χ1) is 10.3. The molecule has 2 aliphatic heterocycles. The van der Waals surface area contributed by atoms with E-state index in [1.54, 1.807) is 6.20 Å². The number of rotatable bonds is 3. The molecule has 1 unspecified atom stereocenters. The van der Waals surface area contributed by atoms with Crippen LogP contribution in [0.15, 0.2) is 18.3 Å². The zero-order valence-electron chi connectivity index (χ0n) is 12.1. The maximum Gasteiger partial charge on any atom is 0.224 e. The molecule has 3 heterocycles. The Labute approximate surface area is 129 Å². The lowest BCUT2D eigenvalue weighted by Gasteiger charge is -2.36. The molecule has 1 atom stereocenters. The molecule has 2 aliphatic rings. The van der Waals surface area contributed by atoms with E-state index >= 15 is 0 Å². The first-order valence-electron chi connectivity index (χ1n) is 7.44. The first kappa shape index (κ1) is 14.6. The number of nitrogens with zero attached hydrogens (tertiary/aromatic N) is 4. The van der Waals surface area contributed by atoms with Gasteiger partial charge in [-0.15, -0.1) is 5.10 Å². The lowest BCUT2D eigenvalue weighted by Crippen LogP contribution is -2.51. The third kappa shape index (κ3) is 3.85. The number of anilines is 1. The van der Waals surface area contributed by atoms with E-state index in [-0.39, 0.29) is 5.91 Å². The van der Waals surface area contributed by atoms with Crippen LogP contribution in [0.4, 0.5) is 5.82 Å². The van der Waals surface area contributed by atoms with E-state index in [1.165, 1.54) is 0 Å². The smallest absolute Gasteiger partial charge is 0.224 e. The molecule has 0 aromatic carbocycles. The van der Waals surface area contributed by atoms with Gasteiger partial charge in [0, 0.05) is 62.9 Å². The summed E-state index contributed by atoms with van der Waals surface area (Å²) in [4.78, 5) is 16.5. The fourth-order valence-corrected chi connectivity index (χ4v) is 3.69. The molecule has 2 fully saturated rings.